The summed E-state index contributed by atoms with van der Waals surface area (Å²) in [6, 6.07) is 0. The van der Waals surface area contributed by atoms with Crippen molar-refractivity contribution in [1.82, 2.24) is 19.9 Å². The van der Waals surface area contributed by atoms with Crippen molar-refractivity contribution in [3.8, 4) is 0 Å². The van der Waals surface area contributed by atoms with Crippen LogP contribution in [0.4, 0.5) is 0 Å². The van der Waals surface area contributed by atoms with Gasteiger partial charge in [0.15, 0.2) is 0 Å². The van der Waals surface area contributed by atoms with E-state index in [2.05, 4.69) is 19.9 Å². The molecule has 0 aliphatic heterocycles. The van der Waals surface area contributed by atoms with E-state index in [0.717, 1.165) is 0 Å². The van der Waals surface area contributed by atoms with Crippen LogP contribution in [0.2, 0.25) is 0 Å². The highest BCUT2D eigenvalue weighted by atomic mass is 16.6. The van der Waals surface area contributed by atoms with Crippen LogP contribution < -0.4 is 0 Å². The van der Waals surface area contributed by atoms with E-state index in [-0.39, 0.29) is 0 Å². The normalized spacial score (nSPS) is 12.9. The minimum atomic E-state index is -1.07. The summed E-state index contributed by atoms with van der Waals surface area (Å²) in [5, 5.41) is 0. The Hall–Kier alpha value is -2.90. The fourth-order valence-corrected chi connectivity index (χ4v) is 2.01. The highest BCUT2D eigenvalue weighted by Gasteiger charge is 2.27. The summed E-state index contributed by atoms with van der Waals surface area (Å²) in [5.74, 6) is -2.15. The first-order valence-corrected chi connectivity index (χ1v) is 7.59. The average molecular weight is 330 g/mol. The van der Waals surface area contributed by atoms with Crippen molar-refractivity contribution in [2.24, 2.45) is 0 Å². The van der Waals surface area contributed by atoms with Gasteiger partial charge in [0.25, 0.3) is 0 Å². The number of nitrogens with zero attached hydrogens (tertiary/aromatic N) is 4. The summed E-state index contributed by atoms with van der Waals surface area (Å²) in [4.78, 5) is 40.0. The quantitative estimate of drug-likeness (QED) is 0.585. The second kappa shape index (κ2) is 8.66. The summed E-state index contributed by atoms with van der Waals surface area (Å²) in [7, 11) is 0. The highest BCUT2D eigenvalue weighted by molar-refractivity contribution is 6.29. The number of rotatable bonds is 6. The molecule has 8 heteroatoms. The maximum Gasteiger partial charge on any atom is 0.418 e. The van der Waals surface area contributed by atoms with Crippen LogP contribution in [-0.4, -0.2) is 31.9 Å². The molecule has 2 aromatic rings. The maximum atomic E-state index is 12.0. The Labute approximate surface area is 139 Å². The SMILES string of the molecule is CCC(OC(=O)C(=O)OC(CC)c1cnccn1)c1cnccn1. The smallest absolute Gasteiger partial charge is 0.418 e. The molecule has 0 aliphatic carbocycles. The van der Waals surface area contributed by atoms with Crippen LogP contribution in [0, 0.1) is 0 Å². The van der Waals surface area contributed by atoms with E-state index in [9.17, 15) is 9.59 Å². The highest BCUT2D eigenvalue weighted by Crippen LogP contribution is 2.21. The summed E-state index contributed by atoms with van der Waals surface area (Å²) in [5.41, 5.74) is 0.948. The van der Waals surface area contributed by atoms with E-state index in [1.165, 1.54) is 37.2 Å². The third kappa shape index (κ3) is 4.55. The Morgan fingerprint density at radius 2 is 1.25 bits per heavy atom. The standard InChI is InChI=1S/C16H18N4O4/c1-3-13(11-9-17-5-7-19-11)23-15(21)16(22)24-14(4-2)12-10-18-6-8-20-12/h5-10,13-14H,3-4H2,1-2H3. The van der Waals surface area contributed by atoms with E-state index in [4.69, 9.17) is 9.47 Å². The first-order valence-electron chi connectivity index (χ1n) is 7.59. The summed E-state index contributed by atoms with van der Waals surface area (Å²) in [6.45, 7) is 3.62. The molecule has 0 N–H and O–H groups in total. The number of carbonyl (C=O) groups is 2. The Morgan fingerprint density at radius 3 is 1.54 bits per heavy atom. The number of hydrogen-bond acceptors (Lipinski definition) is 8. The number of esters is 2. The second-order valence-electron chi connectivity index (χ2n) is 4.86. The fraction of sp³-hybridized carbons (Fsp3) is 0.375. The van der Waals surface area contributed by atoms with Crippen molar-refractivity contribution in [2.75, 3.05) is 0 Å². The van der Waals surface area contributed by atoms with E-state index in [1.807, 2.05) is 13.8 Å². The summed E-state index contributed by atoms with van der Waals surface area (Å²) >= 11 is 0. The minimum Gasteiger partial charge on any atom is -0.447 e. The molecule has 0 saturated heterocycles. The van der Waals surface area contributed by atoms with Gasteiger partial charge in [-0.1, -0.05) is 13.8 Å². The van der Waals surface area contributed by atoms with Crippen LogP contribution in [-0.2, 0) is 19.1 Å². The minimum absolute atomic E-state index is 0.457. The zero-order chi connectivity index (χ0) is 17.4. The summed E-state index contributed by atoms with van der Waals surface area (Å²) in [6.07, 6.45) is 8.58. The molecule has 0 bridgehead atoms. The van der Waals surface area contributed by atoms with Gasteiger partial charge in [0, 0.05) is 24.8 Å². The van der Waals surface area contributed by atoms with Crippen molar-refractivity contribution < 1.29 is 19.1 Å². The molecule has 2 atom stereocenters. The molecule has 0 radical (unpaired) electrons. The third-order valence-electron chi connectivity index (χ3n) is 3.23. The van der Waals surface area contributed by atoms with Crippen molar-refractivity contribution in [3.05, 3.63) is 48.6 Å². The maximum absolute atomic E-state index is 12.0. The van der Waals surface area contributed by atoms with Gasteiger partial charge in [-0.25, -0.2) is 9.59 Å². The first kappa shape index (κ1) is 17.5. The molecule has 126 valence electrons. The van der Waals surface area contributed by atoms with Gasteiger partial charge in [-0.05, 0) is 12.8 Å². The largest absolute Gasteiger partial charge is 0.447 e. The lowest BCUT2D eigenvalue weighted by molar-refractivity contribution is -0.175. The van der Waals surface area contributed by atoms with Crippen molar-refractivity contribution in [1.29, 1.82) is 0 Å². The van der Waals surface area contributed by atoms with Gasteiger partial charge in [-0.2, -0.15) is 0 Å². The van der Waals surface area contributed by atoms with Gasteiger partial charge in [-0.15, -0.1) is 0 Å². The van der Waals surface area contributed by atoms with Crippen molar-refractivity contribution >= 4 is 11.9 Å². The molecule has 0 spiro atoms. The van der Waals surface area contributed by atoms with Crippen LogP contribution in [0.1, 0.15) is 50.3 Å². The lowest BCUT2D eigenvalue weighted by Crippen LogP contribution is -2.25. The van der Waals surface area contributed by atoms with Gasteiger partial charge >= 0.3 is 11.9 Å². The van der Waals surface area contributed by atoms with Crippen LogP contribution in [0.5, 0.6) is 0 Å². The second-order valence-corrected chi connectivity index (χ2v) is 4.86. The zero-order valence-corrected chi connectivity index (χ0v) is 13.5. The average Bonchev–Trinajstić information content (AvgIpc) is 2.65. The molecule has 0 fully saturated rings. The van der Waals surface area contributed by atoms with Crippen molar-refractivity contribution in [3.63, 3.8) is 0 Å². The molecule has 2 heterocycles. The monoisotopic (exact) mass is 330 g/mol. The van der Waals surface area contributed by atoms with E-state index >= 15 is 0 Å². The van der Waals surface area contributed by atoms with Crippen LogP contribution >= 0.6 is 0 Å². The Morgan fingerprint density at radius 1 is 0.833 bits per heavy atom. The van der Waals surface area contributed by atoms with Gasteiger partial charge in [0.05, 0.1) is 23.8 Å². The van der Waals surface area contributed by atoms with Crippen LogP contribution in [0.15, 0.2) is 37.2 Å². The third-order valence-corrected chi connectivity index (χ3v) is 3.23. The van der Waals surface area contributed by atoms with Crippen LogP contribution in [0.3, 0.4) is 0 Å². The topological polar surface area (TPSA) is 104 Å². The molecule has 2 aromatic heterocycles. The molecular formula is C16H18N4O4. The molecule has 0 aromatic carbocycles. The fourth-order valence-electron chi connectivity index (χ4n) is 2.01. The van der Waals surface area contributed by atoms with E-state index < -0.39 is 24.1 Å². The molecule has 0 saturated carbocycles. The van der Waals surface area contributed by atoms with Gasteiger partial charge in [-0.3, -0.25) is 19.9 Å². The first-order chi connectivity index (χ1) is 11.7. The lowest BCUT2D eigenvalue weighted by atomic mass is 10.2. The zero-order valence-electron chi connectivity index (χ0n) is 13.5. The van der Waals surface area contributed by atoms with Crippen LogP contribution in [0.25, 0.3) is 0 Å². The summed E-state index contributed by atoms with van der Waals surface area (Å²) < 4.78 is 10.4. The molecule has 2 rings (SSSR count). The van der Waals surface area contributed by atoms with Gasteiger partial charge < -0.3 is 9.47 Å². The molecule has 0 amide bonds. The van der Waals surface area contributed by atoms with Gasteiger partial charge in [0.1, 0.15) is 12.2 Å². The Kier molecular flexibility index (Phi) is 6.30. The molecule has 0 aliphatic rings. The molecule has 8 nitrogen and oxygen atoms in total. The lowest BCUT2D eigenvalue weighted by Gasteiger charge is -2.17. The van der Waals surface area contributed by atoms with E-state index in [0.29, 0.717) is 24.2 Å². The Bertz CT molecular complexity index is 607. The van der Waals surface area contributed by atoms with Gasteiger partial charge in [0.2, 0.25) is 0 Å². The number of aromatic nitrogens is 4. The molecule has 24 heavy (non-hydrogen) atoms. The van der Waals surface area contributed by atoms with E-state index in [1.54, 1.807) is 0 Å². The molecule has 2 unspecified atom stereocenters. The predicted molar refractivity (Wildman–Crippen MR) is 82.3 cm³/mol. The van der Waals surface area contributed by atoms with Crippen molar-refractivity contribution in [2.45, 2.75) is 38.9 Å². The number of carbonyl (C=O) groups excluding carboxylic acids is 2. The predicted octanol–water partition coefficient (Wildman–Crippen LogP) is 1.96. The molecular weight excluding hydrogens is 312 g/mol. The number of hydrogen-bond donors (Lipinski definition) is 0. The number of ether oxygens (including phenoxy) is 2. The Balaban J connectivity index is 1.99.